The topological polar surface area (TPSA) is 150 Å². The van der Waals surface area contributed by atoms with Gasteiger partial charge in [0.1, 0.15) is 6.04 Å². The van der Waals surface area contributed by atoms with Crippen molar-refractivity contribution < 1.29 is 62.9 Å². The van der Waals surface area contributed by atoms with E-state index in [4.69, 9.17) is 15.4 Å². The van der Waals surface area contributed by atoms with Gasteiger partial charge < -0.3 is 15.7 Å². The van der Waals surface area contributed by atoms with Crippen molar-refractivity contribution in [3.8, 4) is 0 Å². The van der Waals surface area contributed by atoms with Crippen molar-refractivity contribution >= 4 is 22.3 Å². The zero-order valence-electron chi connectivity index (χ0n) is 11.5. The molecular weight excluding hydrogens is 305 g/mol. The van der Waals surface area contributed by atoms with E-state index in [0.717, 1.165) is 4.90 Å². The third-order valence-electron chi connectivity index (χ3n) is 2.86. The van der Waals surface area contributed by atoms with E-state index in [9.17, 15) is 18.0 Å². The molecule has 10 nitrogen and oxygen atoms in total. The Bertz CT molecular complexity index is 568. The Morgan fingerprint density at radius 3 is 2.65 bits per heavy atom. The minimum absolute atomic E-state index is 0. The van der Waals surface area contributed by atoms with Gasteiger partial charge >= 0.3 is 47.4 Å². The molecule has 20 heavy (non-hydrogen) atoms. The van der Waals surface area contributed by atoms with Gasteiger partial charge in [-0.15, -0.1) is 4.28 Å². The largest absolute Gasteiger partial charge is 1.00 e. The van der Waals surface area contributed by atoms with Crippen LogP contribution in [0, 0.1) is 0 Å². The van der Waals surface area contributed by atoms with Gasteiger partial charge in [0, 0.05) is 5.57 Å². The van der Waals surface area contributed by atoms with Gasteiger partial charge in [-0.05, 0) is 6.08 Å². The molecule has 3 amide bonds. The quantitative estimate of drug-likeness (QED) is 0.346. The Balaban J connectivity index is 0.00000200. The van der Waals surface area contributed by atoms with E-state index in [1.165, 1.54) is 6.08 Å². The van der Waals surface area contributed by atoms with E-state index < -0.39 is 41.0 Å². The number of rotatable bonds is 4. The van der Waals surface area contributed by atoms with Crippen molar-refractivity contribution in [1.29, 1.82) is 0 Å². The van der Waals surface area contributed by atoms with Gasteiger partial charge in [0.15, 0.2) is 0 Å². The maximum atomic E-state index is 11.9. The summed E-state index contributed by atoms with van der Waals surface area (Å²) in [6, 6.07) is -2.75. The molecule has 1 saturated heterocycles. The van der Waals surface area contributed by atoms with Crippen molar-refractivity contribution in [2.75, 3.05) is 13.2 Å². The second kappa shape index (κ2) is 5.97. The van der Waals surface area contributed by atoms with Gasteiger partial charge in [0.25, 0.3) is 0 Å². The summed E-state index contributed by atoms with van der Waals surface area (Å²) >= 11 is 0. The molecule has 4 N–H and O–H groups in total. The molecule has 2 aliphatic heterocycles. The van der Waals surface area contributed by atoms with E-state index in [-0.39, 0.29) is 43.1 Å². The maximum absolute atomic E-state index is 11.9. The van der Waals surface area contributed by atoms with E-state index in [1.807, 2.05) is 0 Å². The first-order valence-electron chi connectivity index (χ1n) is 5.14. The zero-order chi connectivity index (χ0) is 14.4. The predicted molar refractivity (Wildman–Crippen MR) is 59.6 cm³/mol. The number of aliphatic hydroxyl groups is 1. The monoisotopic (exact) mass is 317 g/mol. The van der Waals surface area contributed by atoms with Crippen LogP contribution in [0.25, 0.3) is 0 Å². The molecule has 106 valence electrons. The fourth-order valence-electron chi connectivity index (χ4n) is 2.09. The first-order chi connectivity index (χ1) is 8.74. The molecule has 0 radical (unpaired) electrons. The van der Waals surface area contributed by atoms with E-state index in [1.54, 1.807) is 0 Å². The molecule has 0 aliphatic carbocycles. The summed E-state index contributed by atoms with van der Waals surface area (Å²) in [5, 5.41) is 9.48. The Morgan fingerprint density at radius 2 is 2.20 bits per heavy atom. The average molecular weight is 317 g/mol. The molecule has 0 saturated carbocycles. The summed E-state index contributed by atoms with van der Waals surface area (Å²) in [5.41, 5.74) is 5.06. The van der Waals surface area contributed by atoms with Gasteiger partial charge in [-0.3, -0.25) is 9.35 Å². The number of nitrogens with zero attached hydrogens (tertiary/aromatic N) is 2. The van der Waals surface area contributed by atoms with Gasteiger partial charge in [0.2, 0.25) is 5.91 Å². The molecule has 0 aromatic rings. The maximum Gasteiger partial charge on any atom is 1.00 e. The van der Waals surface area contributed by atoms with E-state index in [2.05, 4.69) is 4.28 Å². The minimum Gasteiger partial charge on any atom is -0.394 e. The number of hydroxylamine groups is 2. The van der Waals surface area contributed by atoms with Crippen LogP contribution in [0.2, 0.25) is 0 Å². The molecule has 2 aliphatic rings. The number of carbonyl (C=O) groups is 2. The molecular formula is C8H12N3NaO7S+2. The summed E-state index contributed by atoms with van der Waals surface area (Å²) < 4.78 is 34.1. The summed E-state index contributed by atoms with van der Waals surface area (Å²) in [4.78, 5) is 24.2. The average Bonchev–Trinajstić information content (AvgIpc) is 2.54. The van der Waals surface area contributed by atoms with Crippen LogP contribution in [0.1, 0.15) is 1.43 Å². The van der Waals surface area contributed by atoms with E-state index >= 15 is 0 Å². The van der Waals surface area contributed by atoms with Crippen molar-refractivity contribution in [1.82, 2.24) is 9.96 Å². The number of urea groups is 1. The number of hydrogen-bond acceptors (Lipinski definition) is 6. The van der Waals surface area contributed by atoms with Crippen molar-refractivity contribution in [3.05, 3.63) is 11.6 Å². The number of hydrogen-bond donors (Lipinski definition) is 3. The van der Waals surface area contributed by atoms with Crippen LogP contribution in [0.4, 0.5) is 4.79 Å². The second-order valence-electron chi connectivity index (χ2n) is 4.01. The first-order valence-corrected chi connectivity index (χ1v) is 6.50. The number of nitrogens with two attached hydrogens (primary N) is 1. The van der Waals surface area contributed by atoms with Gasteiger partial charge in [-0.2, -0.15) is 13.5 Å². The predicted octanol–water partition coefficient (Wildman–Crippen LogP) is -5.27. The molecule has 0 aromatic carbocycles. The number of primary amides is 1. The fourth-order valence-corrected chi connectivity index (χ4v) is 2.46. The van der Waals surface area contributed by atoms with Crippen LogP contribution in [-0.2, 0) is 19.5 Å². The summed E-state index contributed by atoms with van der Waals surface area (Å²) in [5.74, 6) is -0.873. The molecule has 0 aromatic heterocycles. The first kappa shape index (κ1) is 17.4. The Labute approximate surface area is 137 Å². The van der Waals surface area contributed by atoms with Gasteiger partial charge in [-0.25, -0.2) is 4.79 Å². The van der Waals surface area contributed by atoms with Crippen LogP contribution in [0.5, 0.6) is 0 Å². The molecule has 2 bridgehead atoms. The molecule has 12 heteroatoms. The van der Waals surface area contributed by atoms with Crippen LogP contribution in [-0.4, -0.2) is 65.2 Å². The van der Waals surface area contributed by atoms with Crippen molar-refractivity contribution in [3.63, 3.8) is 0 Å². The Kier molecular flexibility index (Phi) is 5.18. The molecule has 1 fully saturated rings. The molecule has 0 spiro atoms. The third kappa shape index (κ3) is 3.14. The molecule has 2 atom stereocenters. The smallest absolute Gasteiger partial charge is 0.394 e. The van der Waals surface area contributed by atoms with E-state index in [0.29, 0.717) is 5.06 Å². The third-order valence-corrected chi connectivity index (χ3v) is 3.21. The fraction of sp³-hybridized carbons (Fsp3) is 0.500. The summed E-state index contributed by atoms with van der Waals surface area (Å²) in [7, 11) is -4.92. The Hall–Kier alpha value is -0.690. The number of carbonyl (C=O) groups excluding carboxylic acids is 2. The van der Waals surface area contributed by atoms with Crippen LogP contribution in [0.15, 0.2) is 11.6 Å². The summed E-state index contributed by atoms with van der Waals surface area (Å²) in [6.45, 7) is -0.538. The number of aliphatic hydroxyl groups excluding tert-OH is 1. The molecule has 2 rings (SSSR count). The second-order valence-corrected chi connectivity index (χ2v) is 5.02. The van der Waals surface area contributed by atoms with Gasteiger partial charge in [0.05, 0.1) is 19.2 Å². The molecule has 0 unspecified atom stereocenters. The Morgan fingerprint density at radius 1 is 1.60 bits per heavy atom. The van der Waals surface area contributed by atoms with Crippen LogP contribution in [0.3, 0.4) is 0 Å². The van der Waals surface area contributed by atoms with Crippen molar-refractivity contribution in [2.45, 2.75) is 12.1 Å². The van der Waals surface area contributed by atoms with Crippen LogP contribution >= 0.6 is 0 Å². The van der Waals surface area contributed by atoms with Crippen LogP contribution < -0.4 is 35.3 Å². The normalized spacial score (nSPS) is 25.3. The minimum atomic E-state index is -4.92. The SMILES string of the molecule is NC(=O)C1=C[C@@H](CO)N2C[C@@H]1N(OS(=O)(=O)O)C2=O.[H+].[Na+]. The van der Waals surface area contributed by atoms with Gasteiger partial charge in [-0.1, -0.05) is 0 Å². The van der Waals surface area contributed by atoms with Crippen molar-refractivity contribution in [2.24, 2.45) is 5.73 Å². The summed E-state index contributed by atoms with van der Waals surface area (Å²) in [6.07, 6.45) is 1.27. The zero-order valence-corrected chi connectivity index (χ0v) is 13.3. The number of fused-ring (bicyclic) bond motifs is 2. The molecule has 2 heterocycles. The standard InChI is InChI=1S/C8H11N3O7S.Na/c9-7(13)5-1-4(3-12)10-2-6(5)11(8(10)14)18-19(15,16)17;/h1,4,6,12H,2-3H2,(H2,9,13)(H,15,16,17);/q;+1/p+1/t4-,6-;/m0./s1. The number of amides is 3.